The number of aryl methyl sites for hydroxylation is 2. The molecular formula is C13H22ClN3O. The lowest BCUT2D eigenvalue weighted by atomic mass is 10.2. The highest BCUT2D eigenvalue weighted by Gasteiger charge is 2.24. The van der Waals surface area contributed by atoms with Crippen LogP contribution in [-0.4, -0.2) is 29.0 Å². The molecule has 1 heterocycles. The largest absolute Gasteiger partial charge is 0.381 e. The van der Waals surface area contributed by atoms with Gasteiger partial charge in [0.05, 0.1) is 22.5 Å². The molecule has 1 aromatic heterocycles. The van der Waals surface area contributed by atoms with Gasteiger partial charge in [0, 0.05) is 26.7 Å². The summed E-state index contributed by atoms with van der Waals surface area (Å²) in [6.07, 6.45) is 4.70. The summed E-state index contributed by atoms with van der Waals surface area (Å²) in [5, 5.41) is 8.79. The first-order valence-corrected chi connectivity index (χ1v) is 6.99. The quantitative estimate of drug-likeness (QED) is 0.893. The Labute approximate surface area is 114 Å². The minimum absolute atomic E-state index is 0.413. The summed E-state index contributed by atoms with van der Waals surface area (Å²) in [6.45, 7) is 2.86. The SMILES string of the molecule is CCc1nn(C)c(CNC2CCC(OC)C2)c1Cl. The Morgan fingerprint density at radius 1 is 1.50 bits per heavy atom. The number of nitrogens with one attached hydrogen (secondary N) is 1. The summed E-state index contributed by atoms with van der Waals surface area (Å²) >= 11 is 6.32. The van der Waals surface area contributed by atoms with Crippen molar-refractivity contribution in [1.29, 1.82) is 0 Å². The van der Waals surface area contributed by atoms with Gasteiger partial charge < -0.3 is 10.1 Å². The van der Waals surface area contributed by atoms with Crippen LogP contribution < -0.4 is 5.32 Å². The summed E-state index contributed by atoms with van der Waals surface area (Å²) in [6, 6.07) is 0.533. The van der Waals surface area contributed by atoms with Crippen LogP contribution in [0.5, 0.6) is 0 Å². The zero-order valence-electron chi connectivity index (χ0n) is 11.4. The Morgan fingerprint density at radius 3 is 2.83 bits per heavy atom. The van der Waals surface area contributed by atoms with Gasteiger partial charge in [-0.2, -0.15) is 5.10 Å². The van der Waals surface area contributed by atoms with Gasteiger partial charge in [-0.25, -0.2) is 0 Å². The van der Waals surface area contributed by atoms with Crippen molar-refractivity contribution in [2.75, 3.05) is 7.11 Å². The second kappa shape index (κ2) is 6.04. The Kier molecular flexibility index (Phi) is 4.65. The van der Waals surface area contributed by atoms with Gasteiger partial charge >= 0.3 is 0 Å². The van der Waals surface area contributed by atoms with Crippen LogP contribution in [0.2, 0.25) is 5.02 Å². The van der Waals surface area contributed by atoms with E-state index >= 15 is 0 Å². The number of aromatic nitrogens is 2. The number of methoxy groups -OCH3 is 1. The first-order chi connectivity index (χ1) is 8.65. The molecule has 0 aromatic carbocycles. The van der Waals surface area contributed by atoms with Crippen molar-refractivity contribution < 1.29 is 4.74 Å². The normalized spacial score (nSPS) is 23.8. The van der Waals surface area contributed by atoms with Crippen LogP contribution in [-0.2, 0) is 24.8 Å². The predicted molar refractivity (Wildman–Crippen MR) is 72.9 cm³/mol. The molecule has 5 heteroatoms. The molecule has 0 bridgehead atoms. The van der Waals surface area contributed by atoms with Crippen molar-refractivity contribution in [1.82, 2.24) is 15.1 Å². The standard InChI is InChI=1S/C13H22ClN3O/c1-4-11-13(14)12(17(2)16-11)8-15-9-5-6-10(7-9)18-3/h9-10,15H,4-8H2,1-3H3. The lowest BCUT2D eigenvalue weighted by Crippen LogP contribution is -2.27. The number of hydrogen-bond donors (Lipinski definition) is 1. The van der Waals surface area contributed by atoms with Gasteiger partial charge in [0.1, 0.15) is 0 Å². The third-order valence-corrected chi connectivity index (χ3v) is 4.22. The zero-order valence-corrected chi connectivity index (χ0v) is 12.1. The van der Waals surface area contributed by atoms with Crippen molar-refractivity contribution in [3.8, 4) is 0 Å². The van der Waals surface area contributed by atoms with Gasteiger partial charge in [0.25, 0.3) is 0 Å². The molecule has 102 valence electrons. The second-order valence-corrected chi connectivity index (χ2v) is 5.31. The van der Waals surface area contributed by atoms with Crippen molar-refractivity contribution in [3.05, 3.63) is 16.4 Å². The van der Waals surface area contributed by atoms with Crippen LogP contribution in [0.1, 0.15) is 37.6 Å². The highest BCUT2D eigenvalue weighted by molar-refractivity contribution is 6.31. The molecule has 1 saturated carbocycles. The average molecular weight is 272 g/mol. The van der Waals surface area contributed by atoms with E-state index in [1.165, 1.54) is 6.42 Å². The lowest BCUT2D eigenvalue weighted by molar-refractivity contribution is 0.107. The molecule has 2 rings (SSSR count). The van der Waals surface area contributed by atoms with E-state index in [0.29, 0.717) is 12.1 Å². The predicted octanol–water partition coefficient (Wildman–Crippen LogP) is 2.29. The molecule has 2 atom stereocenters. The van der Waals surface area contributed by atoms with E-state index in [9.17, 15) is 0 Å². The smallest absolute Gasteiger partial charge is 0.0863 e. The highest BCUT2D eigenvalue weighted by Crippen LogP contribution is 2.24. The van der Waals surface area contributed by atoms with E-state index in [1.54, 1.807) is 7.11 Å². The minimum Gasteiger partial charge on any atom is -0.381 e. The van der Waals surface area contributed by atoms with Crippen LogP contribution in [0.4, 0.5) is 0 Å². The summed E-state index contributed by atoms with van der Waals surface area (Å²) in [4.78, 5) is 0. The number of hydrogen-bond acceptors (Lipinski definition) is 3. The first-order valence-electron chi connectivity index (χ1n) is 6.62. The van der Waals surface area contributed by atoms with E-state index in [2.05, 4.69) is 17.3 Å². The molecule has 4 nitrogen and oxygen atoms in total. The third-order valence-electron chi connectivity index (χ3n) is 3.78. The third kappa shape index (κ3) is 2.87. The van der Waals surface area contributed by atoms with Gasteiger partial charge in [-0.05, 0) is 25.7 Å². The maximum absolute atomic E-state index is 6.32. The van der Waals surface area contributed by atoms with Gasteiger partial charge in [0.2, 0.25) is 0 Å². The minimum atomic E-state index is 0.413. The molecule has 0 radical (unpaired) electrons. The molecule has 2 unspecified atom stereocenters. The Morgan fingerprint density at radius 2 is 2.28 bits per heavy atom. The maximum Gasteiger partial charge on any atom is 0.0863 e. The number of nitrogens with zero attached hydrogens (tertiary/aromatic N) is 2. The van der Waals surface area contributed by atoms with E-state index in [1.807, 2.05) is 11.7 Å². The second-order valence-electron chi connectivity index (χ2n) is 4.93. The van der Waals surface area contributed by atoms with Crippen molar-refractivity contribution in [3.63, 3.8) is 0 Å². The maximum atomic E-state index is 6.32. The molecule has 1 aliphatic carbocycles. The summed E-state index contributed by atoms with van der Waals surface area (Å²) in [7, 11) is 3.74. The summed E-state index contributed by atoms with van der Waals surface area (Å²) < 4.78 is 7.26. The van der Waals surface area contributed by atoms with Crippen LogP contribution in [0.3, 0.4) is 0 Å². The molecule has 1 fully saturated rings. The molecule has 1 aliphatic rings. The number of halogens is 1. The van der Waals surface area contributed by atoms with Gasteiger partial charge in [-0.15, -0.1) is 0 Å². The zero-order chi connectivity index (χ0) is 13.1. The van der Waals surface area contributed by atoms with Crippen molar-refractivity contribution in [2.45, 2.75) is 51.3 Å². The van der Waals surface area contributed by atoms with Crippen LogP contribution in [0.15, 0.2) is 0 Å². The van der Waals surface area contributed by atoms with E-state index < -0.39 is 0 Å². The summed E-state index contributed by atoms with van der Waals surface area (Å²) in [5.41, 5.74) is 2.06. The first kappa shape index (κ1) is 13.8. The molecule has 1 aromatic rings. The van der Waals surface area contributed by atoms with Crippen molar-refractivity contribution >= 4 is 11.6 Å². The molecular weight excluding hydrogens is 250 g/mol. The summed E-state index contributed by atoms with van der Waals surface area (Å²) in [5.74, 6) is 0. The monoisotopic (exact) mass is 271 g/mol. The van der Waals surface area contributed by atoms with E-state index in [-0.39, 0.29) is 0 Å². The molecule has 0 aliphatic heterocycles. The van der Waals surface area contributed by atoms with Gasteiger partial charge in [0.15, 0.2) is 0 Å². The van der Waals surface area contributed by atoms with Gasteiger partial charge in [-0.3, -0.25) is 4.68 Å². The number of ether oxygens (including phenoxy) is 1. The highest BCUT2D eigenvalue weighted by atomic mass is 35.5. The molecule has 0 saturated heterocycles. The Bertz CT molecular complexity index is 405. The Hall–Kier alpha value is -0.580. The van der Waals surface area contributed by atoms with E-state index in [4.69, 9.17) is 16.3 Å². The average Bonchev–Trinajstić information content (AvgIpc) is 2.93. The van der Waals surface area contributed by atoms with E-state index in [0.717, 1.165) is 42.2 Å². The van der Waals surface area contributed by atoms with Gasteiger partial charge in [-0.1, -0.05) is 18.5 Å². The fourth-order valence-electron chi connectivity index (χ4n) is 2.59. The fourth-order valence-corrected chi connectivity index (χ4v) is 2.95. The van der Waals surface area contributed by atoms with Crippen LogP contribution in [0.25, 0.3) is 0 Å². The number of rotatable bonds is 5. The van der Waals surface area contributed by atoms with Crippen molar-refractivity contribution in [2.24, 2.45) is 7.05 Å². The molecule has 1 N–H and O–H groups in total. The lowest BCUT2D eigenvalue weighted by Gasteiger charge is -2.13. The fraction of sp³-hybridized carbons (Fsp3) is 0.769. The topological polar surface area (TPSA) is 39.1 Å². The molecule has 0 amide bonds. The van der Waals surface area contributed by atoms with Crippen LogP contribution in [0, 0.1) is 0 Å². The molecule has 0 spiro atoms. The van der Waals surface area contributed by atoms with Crippen LogP contribution >= 0.6 is 11.6 Å². The molecule has 18 heavy (non-hydrogen) atoms. The Balaban J connectivity index is 1.92.